The summed E-state index contributed by atoms with van der Waals surface area (Å²) in [5.74, 6) is 0.379. The van der Waals surface area contributed by atoms with Crippen molar-refractivity contribution < 1.29 is 14.3 Å². The van der Waals surface area contributed by atoms with Crippen molar-refractivity contribution in [3.8, 4) is 5.75 Å². The van der Waals surface area contributed by atoms with E-state index in [4.69, 9.17) is 16.3 Å². The van der Waals surface area contributed by atoms with Crippen molar-refractivity contribution in [2.45, 2.75) is 0 Å². The fourth-order valence-electron chi connectivity index (χ4n) is 1.90. The van der Waals surface area contributed by atoms with E-state index in [2.05, 4.69) is 15.9 Å². The number of carbonyl (C=O) groups is 2. The summed E-state index contributed by atoms with van der Waals surface area (Å²) < 4.78 is 6.29. The van der Waals surface area contributed by atoms with Gasteiger partial charge in [0.05, 0.1) is 5.02 Å². The number of hydrogen-bond acceptors (Lipinski definition) is 3. The molecule has 1 saturated heterocycles. The number of hydrogen-bond donors (Lipinski definition) is 0. The first-order valence-electron chi connectivity index (χ1n) is 6.15. The van der Waals surface area contributed by atoms with Crippen molar-refractivity contribution in [1.82, 2.24) is 9.80 Å². The molecule has 0 spiro atoms. The predicted molar refractivity (Wildman–Crippen MR) is 78.9 cm³/mol. The van der Waals surface area contributed by atoms with Crippen molar-refractivity contribution in [2.75, 3.05) is 32.8 Å². The van der Waals surface area contributed by atoms with Gasteiger partial charge >= 0.3 is 0 Å². The van der Waals surface area contributed by atoms with Gasteiger partial charge in [-0.3, -0.25) is 9.59 Å². The Bertz CT molecular complexity index is 504. The second kappa shape index (κ2) is 6.95. The molecule has 2 rings (SSSR count). The van der Waals surface area contributed by atoms with Gasteiger partial charge in [-0.2, -0.15) is 0 Å². The molecular formula is C13H14BrClN2O3. The number of amides is 2. The first-order valence-corrected chi connectivity index (χ1v) is 7.32. The van der Waals surface area contributed by atoms with E-state index in [0.717, 1.165) is 10.9 Å². The second-order valence-corrected chi connectivity index (χ2v) is 5.71. The minimum absolute atomic E-state index is 0.0531. The molecular weight excluding hydrogens is 348 g/mol. The maximum atomic E-state index is 12.0. The lowest BCUT2D eigenvalue weighted by Crippen LogP contribution is -2.49. The largest absolute Gasteiger partial charge is 0.482 e. The molecule has 0 aromatic heterocycles. The van der Waals surface area contributed by atoms with Gasteiger partial charge < -0.3 is 14.5 Å². The van der Waals surface area contributed by atoms with Gasteiger partial charge in [0.15, 0.2) is 6.61 Å². The van der Waals surface area contributed by atoms with Gasteiger partial charge in [0, 0.05) is 30.7 Å². The Hall–Kier alpha value is -1.27. The third-order valence-corrected chi connectivity index (χ3v) is 3.85. The first kappa shape index (κ1) is 15.1. The summed E-state index contributed by atoms with van der Waals surface area (Å²) in [7, 11) is 0. The van der Waals surface area contributed by atoms with Crippen LogP contribution in [0.2, 0.25) is 5.02 Å². The number of halogens is 2. The number of nitrogens with zero attached hydrogens (tertiary/aromatic N) is 2. The van der Waals surface area contributed by atoms with E-state index >= 15 is 0 Å². The molecule has 7 heteroatoms. The summed E-state index contributed by atoms with van der Waals surface area (Å²) in [4.78, 5) is 25.9. The molecule has 1 aliphatic heterocycles. The van der Waals surface area contributed by atoms with Crippen LogP contribution in [-0.4, -0.2) is 54.9 Å². The minimum atomic E-state index is -0.102. The van der Waals surface area contributed by atoms with Gasteiger partial charge in [-0.15, -0.1) is 0 Å². The quantitative estimate of drug-likeness (QED) is 0.768. The Kier molecular flexibility index (Phi) is 5.25. The molecule has 108 valence electrons. The number of benzene rings is 1. The van der Waals surface area contributed by atoms with E-state index in [-0.39, 0.29) is 12.5 Å². The van der Waals surface area contributed by atoms with Gasteiger partial charge in [-0.05, 0) is 18.2 Å². The Morgan fingerprint density at radius 3 is 2.65 bits per heavy atom. The van der Waals surface area contributed by atoms with Crippen molar-refractivity contribution in [2.24, 2.45) is 0 Å². The van der Waals surface area contributed by atoms with E-state index in [1.165, 1.54) is 0 Å². The van der Waals surface area contributed by atoms with Gasteiger partial charge in [-0.1, -0.05) is 27.5 Å². The molecule has 5 nitrogen and oxygen atoms in total. The first-order chi connectivity index (χ1) is 9.60. The lowest BCUT2D eigenvalue weighted by atomic mass is 10.3. The molecule has 0 saturated carbocycles. The summed E-state index contributed by atoms with van der Waals surface area (Å²) in [6, 6.07) is 5.22. The fourth-order valence-corrected chi connectivity index (χ4v) is 2.63. The van der Waals surface area contributed by atoms with Crippen LogP contribution in [0, 0.1) is 0 Å². The molecule has 20 heavy (non-hydrogen) atoms. The van der Waals surface area contributed by atoms with Crippen LogP contribution >= 0.6 is 27.5 Å². The lowest BCUT2D eigenvalue weighted by Gasteiger charge is -2.32. The van der Waals surface area contributed by atoms with Crippen LogP contribution in [0.15, 0.2) is 22.7 Å². The SMILES string of the molecule is O=CN1CCN(C(=O)COc2ccc(Br)cc2Cl)CC1. The number of carbonyl (C=O) groups excluding carboxylic acids is 2. The van der Waals surface area contributed by atoms with Crippen molar-refractivity contribution in [1.29, 1.82) is 0 Å². The zero-order valence-corrected chi connectivity index (χ0v) is 13.1. The van der Waals surface area contributed by atoms with Crippen molar-refractivity contribution >= 4 is 39.8 Å². The molecule has 1 aromatic carbocycles. The molecule has 0 unspecified atom stereocenters. The number of rotatable bonds is 4. The zero-order chi connectivity index (χ0) is 14.5. The second-order valence-electron chi connectivity index (χ2n) is 4.39. The molecule has 0 atom stereocenters. The Morgan fingerprint density at radius 1 is 1.35 bits per heavy atom. The van der Waals surface area contributed by atoms with E-state index < -0.39 is 0 Å². The third kappa shape index (κ3) is 3.86. The van der Waals surface area contributed by atoms with Crippen molar-refractivity contribution in [3.05, 3.63) is 27.7 Å². The van der Waals surface area contributed by atoms with Crippen LogP contribution in [0.3, 0.4) is 0 Å². The monoisotopic (exact) mass is 360 g/mol. The highest BCUT2D eigenvalue weighted by atomic mass is 79.9. The topological polar surface area (TPSA) is 49.9 Å². The Balaban J connectivity index is 1.85. The summed E-state index contributed by atoms with van der Waals surface area (Å²) in [5.41, 5.74) is 0. The van der Waals surface area contributed by atoms with Crippen molar-refractivity contribution in [3.63, 3.8) is 0 Å². The van der Waals surface area contributed by atoms with Crippen LogP contribution in [-0.2, 0) is 9.59 Å². The Morgan fingerprint density at radius 2 is 2.05 bits per heavy atom. The van der Waals surface area contributed by atoms with Gasteiger partial charge in [0.25, 0.3) is 5.91 Å². The predicted octanol–water partition coefficient (Wildman–Crippen LogP) is 1.78. The van der Waals surface area contributed by atoms with E-state index in [1.54, 1.807) is 28.0 Å². The zero-order valence-electron chi connectivity index (χ0n) is 10.7. The summed E-state index contributed by atoms with van der Waals surface area (Å²) in [6.45, 7) is 2.15. The average molecular weight is 362 g/mol. The van der Waals surface area contributed by atoms with E-state index in [0.29, 0.717) is 37.0 Å². The standard InChI is InChI=1S/C13H14BrClN2O3/c14-10-1-2-12(11(15)7-10)20-8-13(19)17-5-3-16(9-18)4-6-17/h1-2,7,9H,3-6,8H2. The van der Waals surface area contributed by atoms with Crippen LogP contribution in [0.25, 0.3) is 0 Å². The van der Waals surface area contributed by atoms with E-state index in [1.807, 2.05) is 0 Å². The Labute approximate surface area is 130 Å². The van der Waals surface area contributed by atoms with Gasteiger partial charge in [0.2, 0.25) is 6.41 Å². The molecule has 0 bridgehead atoms. The fraction of sp³-hybridized carbons (Fsp3) is 0.385. The molecule has 2 amide bonds. The van der Waals surface area contributed by atoms with Crippen LogP contribution < -0.4 is 4.74 Å². The molecule has 1 fully saturated rings. The average Bonchev–Trinajstić information content (AvgIpc) is 2.46. The molecule has 0 radical (unpaired) electrons. The summed E-state index contributed by atoms with van der Waals surface area (Å²) >= 11 is 9.31. The summed E-state index contributed by atoms with van der Waals surface area (Å²) in [5, 5.41) is 0.456. The van der Waals surface area contributed by atoms with E-state index in [9.17, 15) is 9.59 Å². The van der Waals surface area contributed by atoms with Gasteiger partial charge in [-0.25, -0.2) is 0 Å². The number of ether oxygens (including phenoxy) is 1. The molecule has 0 N–H and O–H groups in total. The smallest absolute Gasteiger partial charge is 0.260 e. The molecule has 1 heterocycles. The highest BCUT2D eigenvalue weighted by Crippen LogP contribution is 2.27. The molecule has 1 aliphatic rings. The summed E-state index contributed by atoms with van der Waals surface area (Å²) in [6.07, 6.45) is 0.805. The molecule has 1 aromatic rings. The van der Waals surface area contributed by atoms with Crippen LogP contribution in [0.5, 0.6) is 5.75 Å². The van der Waals surface area contributed by atoms with Gasteiger partial charge in [0.1, 0.15) is 5.75 Å². The minimum Gasteiger partial charge on any atom is -0.482 e. The highest BCUT2D eigenvalue weighted by molar-refractivity contribution is 9.10. The maximum Gasteiger partial charge on any atom is 0.260 e. The number of piperazine rings is 1. The van der Waals surface area contributed by atoms with Crippen LogP contribution in [0.4, 0.5) is 0 Å². The third-order valence-electron chi connectivity index (χ3n) is 3.06. The lowest BCUT2D eigenvalue weighted by molar-refractivity contribution is -0.137. The highest BCUT2D eigenvalue weighted by Gasteiger charge is 2.20. The van der Waals surface area contributed by atoms with Crippen LogP contribution in [0.1, 0.15) is 0 Å². The molecule has 0 aliphatic carbocycles. The normalized spacial score (nSPS) is 15.1. The maximum absolute atomic E-state index is 12.0.